The number of benzene rings is 3. The molecule has 0 saturated carbocycles. The Morgan fingerprint density at radius 2 is 1.48 bits per heavy atom. The number of nitrogen functional groups attached to an aromatic ring is 1. The smallest absolute Gasteiger partial charge is 0.173 e. The van der Waals surface area contributed by atoms with Gasteiger partial charge >= 0.3 is 0 Å². The fourth-order valence-corrected chi connectivity index (χ4v) is 5.40. The zero-order chi connectivity index (χ0) is 29.3. The largest absolute Gasteiger partial charge is 0.497 e. The molecule has 3 heterocycles. The lowest BCUT2D eigenvalue weighted by atomic mass is 9.80. The molecule has 1 aliphatic rings. The fourth-order valence-electron chi connectivity index (χ4n) is 5.40. The van der Waals surface area contributed by atoms with E-state index in [0.29, 0.717) is 22.7 Å². The third-order valence-electron chi connectivity index (χ3n) is 7.59. The van der Waals surface area contributed by atoms with E-state index in [4.69, 9.17) is 24.7 Å². The van der Waals surface area contributed by atoms with Gasteiger partial charge in [-0.15, -0.1) is 0 Å². The number of nitrogens with zero attached hydrogens (tertiary/aromatic N) is 4. The van der Waals surface area contributed by atoms with Crippen molar-refractivity contribution >= 4 is 17.0 Å². The number of aromatic nitrogens is 4. The summed E-state index contributed by atoms with van der Waals surface area (Å²) in [5.41, 5.74) is 7.81. The van der Waals surface area contributed by atoms with Crippen molar-refractivity contribution in [3.8, 4) is 11.5 Å². The molecule has 3 N–H and O–H groups in total. The van der Waals surface area contributed by atoms with Crippen LogP contribution in [0.15, 0.2) is 91.5 Å². The number of hydrogen-bond acceptors (Lipinski definition) is 9. The Hall–Kier alpha value is -4.58. The van der Waals surface area contributed by atoms with E-state index in [1.54, 1.807) is 14.2 Å². The predicted molar refractivity (Wildman–Crippen MR) is 153 cm³/mol. The number of fused-ring (bicyclic) bond motifs is 1. The van der Waals surface area contributed by atoms with E-state index >= 15 is 4.39 Å². The SMILES string of the molecule is COc1ccc(C(OC[C@H]2O[C@@H](n3cnc4c(N)ncnc43)[C@@H](F)[C@@H]2O)(c2ccccc2)c2ccc(OC)cc2)cc1. The van der Waals surface area contributed by atoms with Gasteiger partial charge in [0.15, 0.2) is 23.9 Å². The number of ether oxygens (including phenoxy) is 4. The van der Waals surface area contributed by atoms with Crippen molar-refractivity contribution in [2.45, 2.75) is 30.2 Å². The minimum atomic E-state index is -1.78. The molecule has 216 valence electrons. The first-order chi connectivity index (χ1) is 20.5. The van der Waals surface area contributed by atoms with Crippen molar-refractivity contribution < 1.29 is 28.4 Å². The van der Waals surface area contributed by atoms with Crippen LogP contribution in [0.3, 0.4) is 0 Å². The van der Waals surface area contributed by atoms with E-state index in [-0.39, 0.29) is 12.4 Å². The Labute approximate surface area is 241 Å². The summed E-state index contributed by atoms with van der Waals surface area (Å²) >= 11 is 0. The summed E-state index contributed by atoms with van der Waals surface area (Å²) in [6, 6.07) is 24.8. The zero-order valence-electron chi connectivity index (χ0n) is 23.0. The van der Waals surface area contributed by atoms with Crippen LogP contribution in [0.5, 0.6) is 11.5 Å². The molecule has 1 fully saturated rings. The van der Waals surface area contributed by atoms with Crippen LogP contribution in [0.4, 0.5) is 10.2 Å². The number of imidazole rings is 1. The number of rotatable bonds is 9. The van der Waals surface area contributed by atoms with Gasteiger partial charge in [0.1, 0.15) is 41.2 Å². The fraction of sp³-hybridized carbons (Fsp3) is 0.258. The van der Waals surface area contributed by atoms with Gasteiger partial charge in [-0.1, -0.05) is 54.6 Å². The van der Waals surface area contributed by atoms with E-state index in [2.05, 4.69) is 15.0 Å². The molecule has 0 amide bonds. The highest BCUT2D eigenvalue weighted by Crippen LogP contribution is 2.43. The first-order valence-corrected chi connectivity index (χ1v) is 13.4. The van der Waals surface area contributed by atoms with Crippen LogP contribution in [0, 0.1) is 0 Å². The van der Waals surface area contributed by atoms with Crippen LogP contribution >= 0.6 is 0 Å². The molecular formula is C31H30FN5O5. The van der Waals surface area contributed by atoms with Gasteiger partial charge < -0.3 is 29.8 Å². The lowest BCUT2D eigenvalue weighted by Crippen LogP contribution is -2.39. The first kappa shape index (κ1) is 27.6. The summed E-state index contributed by atoms with van der Waals surface area (Å²) in [7, 11) is 3.21. The molecule has 0 bridgehead atoms. The van der Waals surface area contributed by atoms with Crippen molar-refractivity contribution in [3.63, 3.8) is 0 Å². The van der Waals surface area contributed by atoms with E-state index in [0.717, 1.165) is 16.7 Å². The highest BCUT2D eigenvalue weighted by atomic mass is 19.1. The molecule has 6 rings (SSSR count). The summed E-state index contributed by atoms with van der Waals surface area (Å²) in [5, 5.41) is 11.0. The van der Waals surface area contributed by atoms with Gasteiger partial charge in [0.25, 0.3) is 0 Å². The molecule has 11 heteroatoms. The number of hydrogen-bond donors (Lipinski definition) is 2. The standard InChI is InChI=1S/C31H30FN5O5/c1-39-22-12-8-20(9-13-22)31(19-6-4-3-5-7-19,21-10-14-23(40-2)15-11-21)41-16-24-27(38)25(32)30(42-24)37-18-36-26-28(33)34-17-35-29(26)37/h3-15,17-18,24-25,27,30,38H,16H2,1-2H3,(H2,33,34,35)/t24-,25+,27-,30-/m1/s1. The average molecular weight is 572 g/mol. The van der Waals surface area contributed by atoms with Crippen LogP contribution < -0.4 is 15.2 Å². The third kappa shape index (κ3) is 4.71. The molecule has 0 aliphatic carbocycles. The number of aliphatic hydroxyl groups excluding tert-OH is 1. The molecule has 5 aromatic rings. The highest BCUT2D eigenvalue weighted by Gasteiger charge is 2.48. The number of methoxy groups -OCH3 is 2. The first-order valence-electron chi connectivity index (χ1n) is 13.4. The Bertz CT molecular complexity index is 1600. The predicted octanol–water partition coefficient (Wildman–Crippen LogP) is 4.03. The Morgan fingerprint density at radius 1 is 0.881 bits per heavy atom. The summed E-state index contributed by atoms with van der Waals surface area (Å²) in [5.74, 6) is 1.54. The van der Waals surface area contributed by atoms with Gasteiger partial charge in [-0.05, 0) is 41.0 Å². The maximum Gasteiger partial charge on any atom is 0.173 e. The number of nitrogens with two attached hydrogens (primary N) is 1. The van der Waals surface area contributed by atoms with Gasteiger partial charge in [0.05, 0.1) is 27.2 Å². The maximum absolute atomic E-state index is 15.6. The van der Waals surface area contributed by atoms with Crippen molar-refractivity contribution in [2.75, 3.05) is 26.6 Å². The minimum Gasteiger partial charge on any atom is -0.497 e. The molecule has 10 nitrogen and oxygen atoms in total. The molecule has 0 spiro atoms. The zero-order valence-corrected chi connectivity index (χ0v) is 23.0. The molecule has 42 heavy (non-hydrogen) atoms. The summed E-state index contributed by atoms with van der Waals surface area (Å²) in [6.07, 6.45) is -2.81. The van der Waals surface area contributed by atoms with Crippen LogP contribution in [-0.2, 0) is 15.1 Å². The second-order valence-electron chi connectivity index (χ2n) is 9.90. The lowest BCUT2D eigenvalue weighted by Gasteiger charge is -2.37. The van der Waals surface area contributed by atoms with E-state index in [1.165, 1.54) is 17.2 Å². The molecular weight excluding hydrogens is 541 g/mol. The summed E-state index contributed by atoms with van der Waals surface area (Å²) < 4.78 is 40.7. The van der Waals surface area contributed by atoms with Gasteiger partial charge in [-0.2, -0.15) is 0 Å². The van der Waals surface area contributed by atoms with Gasteiger partial charge in [-0.3, -0.25) is 4.57 Å². The van der Waals surface area contributed by atoms with Crippen LogP contribution in [0.2, 0.25) is 0 Å². The van der Waals surface area contributed by atoms with Crippen molar-refractivity contribution in [1.82, 2.24) is 19.5 Å². The second kappa shape index (κ2) is 11.4. The maximum atomic E-state index is 15.6. The van der Waals surface area contributed by atoms with Gasteiger partial charge in [0.2, 0.25) is 0 Å². The topological polar surface area (TPSA) is 127 Å². The lowest BCUT2D eigenvalue weighted by molar-refractivity contribution is -0.0935. The van der Waals surface area contributed by atoms with E-state index < -0.39 is 30.2 Å². The second-order valence-corrected chi connectivity index (χ2v) is 9.90. The van der Waals surface area contributed by atoms with E-state index in [1.807, 2.05) is 78.9 Å². The number of halogens is 1. The third-order valence-corrected chi connectivity index (χ3v) is 7.59. The quantitative estimate of drug-likeness (QED) is 0.252. The molecule has 1 saturated heterocycles. The van der Waals surface area contributed by atoms with Crippen LogP contribution in [0.25, 0.3) is 11.2 Å². The Morgan fingerprint density at radius 3 is 2.07 bits per heavy atom. The number of anilines is 1. The highest BCUT2D eigenvalue weighted by molar-refractivity contribution is 5.81. The average Bonchev–Trinajstić information content (AvgIpc) is 3.59. The monoisotopic (exact) mass is 571 g/mol. The number of aliphatic hydroxyl groups is 1. The van der Waals surface area contributed by atoms with Crippen molar-refractivity contribution in [2.24, 2.45) is 0 Å². The molecule has 2 aromatic heterocycles. The molecule has 1 aliphatic heterocycles. The Kier molecular flexibility index (Phi) is 7.46. The van der Waals surface area contributed by atoms with Crippen LogP contribution in [0.1, 0.15) is 22.9 Å². The summed E-state index contributed by atoms with van der Waals surface area (Å²) in [6.45, 7) is -0.144. The van der Waals surface area contributed by atoms with Crippen molar-refractivity contribution in [3.05, 3.63) is 108 Å². The molecule has 0 unspecified atom stereocenters. The van der Waals surface area contributed by atoms with E-state index in [9.17, 15) is 5.11 Å². The van der Waals surface area contributed by atoms with Crippen molar-refractivity contribution in [1.29, 1.82) is 0 Å². The van der Waals surface area contributed by atoms with Gasteiger partial charge in [-0.25, -0.2) is 19.3 Å². The van der Waals surface area contributed by atoms with Crippen LogP contribution in [-0.4, -0.2) is 63.8 Å². The van der Waals surface area contributed by atoms with Gasteiger partial charge in [0, 0.05) is 0 Å². The summed E-state index contributed by atoms with van der Waals surface area (Å²) in [4.78, 5) is 12.3. The number of alkyl halides is 1. The Balaban J connectivity index is 1.39. The molecule has 4 atom stereocenters. The normalized spacial score (nSPS) is 20.6. The molecule has 0 radical (unpaired) electrons. The minimum absolute atomic E-state index is 0.144. The molecule has 3 aromatic carbocycles.